The molecule has 1 aromatic heterocycles. The molecule has 0 atom stereocenters. The summed E-state index contributed by atoms with van der Waals surface area (Å²) in [5.41, 5.74) is 6.63. The molecule has 0 unspecified atom stereocenters. The summed E-state index contributed by atoms with van der Waals surface area (Å²) >= 11 is 0. The van der Waals surface area contributed by atoms with Crippen LogP contribution >= 0.6 is 0 Å². The molecule has 11 nitrogen and oxygen atoms in total. The number of benzene rings is 2. The van der Waals surface area contributed by atoms with Crippen LogP contribution in [0.1, 0.15) is 37.5 Å². The number of nitro groups is 1. The third-order valence-corrected chi connectivity index (χ3v) is 6.19. The lowest BCUT2D eigenvalue weighted by atomic mass is 9.97. The lowest BCUT2D eigenvalue weighted by Gasteiger charge is -2.24. The Balaban J connectivity index is 0.000000916. The number of methoxy groups -OCH3 is 2. The molecule has 0 saturated heterocycles. The Morgan fingerprint density at radius 3 is 2.28 bits per heavy atom. The zero-order valence-electron chi connectivity index (χ0n) is 26.9. The van der Waals surface area contributed by atoms with E-state index in [2.05, 4.69) is 36.0 Å². The van der Waals surface area contributed by atoms with Gasteiger partial charge in [0.1, 0.15) is 5.49 Å². The van der Waals surface area contributed by atoms with Gasteiger partial charge in [-0.25, -0.2) is 9.79 Å². The van der Waals surface area contributed by atoms with Gasteiger partial charge in [0, 0.05) is 42.9 Å². The highest BCUT2D eigenvalue weighted by Crippen LogP contribution is 2.37. The molecule has 0 saturated carbocycles. The number of fused-ring (bicyclic) bond motifs is 3. The minimum atomic E-state index is -0.500. The van der Waals surface area contributed by atoms with Crippen LogP contribution in [0.25, 0.3) is 11.3 Å². The Morgan fingerprint density at radius 1 is 1.12 bits per heavy atom. The Kier molecular flexibility index (Phi) is 16.1. The van der Waals surface area contributed by atoms with Crippen molar-refractivity contribution in [2.75, 3.05) is 41.5 Å². The van der Waals surface area contributed by atoms with Gasteiger partial charge >= 0.3 is 5.69 Å². The highest BCUT2D eigenvalue weighted by atomic mass is 16.6. The number of ether oxygens (including phenoxy) is 2. The predicted molar refractivity (Wildman–Crippen MR) is 173 cm³/mol. The maximum absolute atomic E-state index is 13.7. The highest BCUT2D eigenvalue weighted by Gasteiger charge is 2.22. The quantitative estimate of drug-likeness (QED) is 0.132. The summed E-state index contributed by atoms with van der Waals surface area (Å²) in [4.78, 5) is 26.9. The lowest BCUT2D eigenvalue weighted by molar-refractivity contribution is -0.445. The van der Waals surface area contributed by atoms with Crippen molar-refractivity contribution in [3.05, 3.63) is 79.2 Å². The summed E-state index contributed by atoms with van der Waals surface area (Å²) in [6.07, 6.45) is 5.34. The van der Waals surface area contributed by atoms with Crippen LogP contribution < -0.4 is 31.3 Å². The molecular formula is C32H46N6O5. The first kappa shape index (κ1) is 36.6. The molecule has 0 aliphatic carbocycles. The molecule has 0 bridgehead atoms. The molecular weight excluding hydrogens is 548 g/mol. The predicted octanol–water partition coefficient (Wildman–Crippen LogP) is 4.06. The van der Waals surface area contributed by atoms with E-state index in [0.29, 0.717) is 43.3 Å². The smallest absolute Gasteiger partial charge is 0.330 e. The van der Waals surface area contributed by atoms with E-state index in [1.165, 1.54) is 5.56 Å². The molecule has 2 heterocycles. The summed E-state index contributed by atoms with van der Waals surface area (Å²) in [7, 11) is 6.03. The Labute approximate surface area is 254 Å². The summed E-state index contributed by atoms with van der Waals surface area (Å²) < 4.78 is 14.6. The number of nitrogens with zero attached hydrogens (tertiary/aromatic N) is 4. The monoisotopic (exact) mass is 594 g/mol. The van der Waals surface area contributed by atoms with E-state index in [9.17, 15) is 4.79 Å². The normalized spacial score (nSPS) is 11.1. The first-order valence-electron chi connectivity index (χ1n) is 14.1. The van der Waals surface area contributed by atoms with Crippen molar-refractivity contribution in [1.29, 1.82) is 0 Å². The lowest BCUT2D eigenvalue weighted by Crippen LogP contribution is -2.44. The van der Waals surface area contributed by atoms with Gasteiger partial charge < -0.3 is 20.1 Å². The van der Waals surface area contributed by atoms with E-state index < -0.39 is 4.92 Å². The number of aromatic nitrogens is 2. The van der Waals surface area contributed by atoms with Crippen molar-refractivity contribution in [3.8, 4) is 35.1 Å². The van der Waals surface area contributed by atoms with E-state index in [1.54, 1.807) is 25.7 Å². The van der Waals surface area contributed by atoms with Gasteiger partial charge in [-0.1, -0.05) is 31.5 Å². The number of nitrogens with one attached hydrogen (secondary N) is 2. The zero-order valence-corrected chi connectivity index (χ0v) is 26.9. The van der Waals surface area contributed by atoms with Gasteiger partial charge in [-0.05, 0) is 63.6 Å². The van der Waals surface area contributed by atoms with E-state index in [1.807, 2.05) is 62.7 Å². The van der Waals surface area contributed by atoms with Crippen molar-refractivity contribution in [3.63, 3.8) is 0 Å². The van der Waals surface area contributed by atoms with Crippen LogP contribution in [0, 0.1) is 36.3 Å². The topological polar surface area (TPSA) is 125 Å². The average molecular weight is 595 g/mol. The van der Waals surface area contributed by atoms with Crippen molar-refractivity contribution in [1.82, 2.24) is 19.8 Å². The van der Waals surface area contributed by atoms with Gasteiger partial charge in [0.2, 0.25) is 0 Å². The minimum absolute atomic E-state index is 0.0623. The molecule has 1 aliphatic rings. The fourth-order valence-corrected chi connectivity index (χ4v) is 4.42. The molecule has 2 aromatic carbocycles. The largest absolute Gasteiger partial charge is 0.493 e. The number of aryl methyl sites for hydroxylation is 3. The van der Waals surface area contributed by atoms with Crippen LogP contribution in [-0.2, 0) is 19.5 Å². The molecule has 0 spiro atoms. The van der Waals surface area contributed by atoms with Crippen LogP contribution in [0.15, 0.2) is 46.2 Å². The maximum atomic E-state index is 13.7. The third-order valence-electron chi connectivity index (χ3n) is 6.19. The number of terminal acetylenes is 1. The Morgan fingerprint density at radius 2 is 1.72 bits per heavy atom. The second-order valence-electron chi connectivity index (χ2n) is 9.25. The van der Waals surface area contributed by atoms with Crippen molar-refractivity contribution >= 4 is 5.69 Å². The Hall–Kier alpha value is -4.40. The SMILES string of the molecule is C#CC.CC.CNCNCCn1c(=Nc2ccc(C)cc2C)cc2n(c1=O)CCc1cc(OC)c(OC)cc1-2.C[N+](=O)[O-]. The summed E-state index contributed by atoms with van der Waals surface area (Å²) in [6.45, 7) is 12.2. The molecule has 43 heavy (non-hydrogen) atoms. The van der Waals surface area contributed by atoms with Crippen LogP contribution in [0.4, 0.5) is 5.69 Å². The molecule has 0 fully saturated rings. The summed E-state index contributed by atoms with van der Waals surface area (Å²) in [5, 5.41) is 15.2. The molecule has 234 valence electrons. The van der Waals surface area contributed by atoms with Gasteiger partial charge in [0.05, 0.1) is 25.6 Å². The molecule has 2 N–H and O–H groups in total. The fraction of sp³-hybridized carbons (Fsp3) is 0.438. The number of rotatable bonds is 8. The van der Waals surface area contributed by atoms with Gasteiger partial charge in [-0.2, -0.15) is 0 Å². The van der Waals surface area contributed by atoms with E-state index >= 15 is 0 Å². The van der Waals surface area contributed by atoms with Crippen molar-refractivity contribution < 1.29 is 14.4 Å². The van der Waals surface area contributed by atoms with Crippen LogP contribution in [0.3, 0.4) is 0 Å². The van der Waals surface area contributed by atoms with Crippen LogP contribution in [-0.4, -0.2) is 55.6 Å². The second-order valence-corrected chi connectivity index (χ2v) is 9.25. The third kappa shape index (κ3) is 10.4. The first-order valence-corrected chi connectivity index (χ1v) is 14.1. The maximum Gasteiger partial charge on any atom is 0.330 e. The zero-order chi connectivity index (χ0) is 32.5. The van der Waals surface area contributed by atoms with E-state index in [4.69, 9.17) is 24.6 Å². The van der Waals surface area contributed by atoms with Crippen LogP contribution in [0.5, 0.6) is 11.5 Å². The van der Waals surface area contributed by atoms with Crippen molar-refractivity contribution in [2.45, 2.75) is 54.1 Å². The van der Waals surface area contributed by atoms with Crippen LogP contribution in [0.2, 0.25) is 0 Å². The van der Waals surface area contributed by atoms with E-state index in [-0.39, 0.29) is 5.69 Å². The number of hydrogen-bond donors (Lipinski definition) is 2. The molecule has 4 rings (SSSR count). The standard InChI is InChI=1S/C26H33N5O3.C3H4.C2H6.CH3NO2/c1-17-6-7-21(18(2)12-17)29-25-15-22-20-14-24(34-5)23(33-4)13-19(20)8-10-30(22)26(32)31(25)11-9-28-16-27-3;1-3-2;1-2;1-2(3)4/h6-7,12-15,27-28H,8-11,16H2,1-5H3;1H,2H3;1-2H3;1H3. The molecule has 3 aromatic rings. The molecule has 0 radical (unpaired) electrons. The van der Waals surface area contributed by atoms with Gasteiger partial charge in [0.25, 0.3) is 0 Å². The molecule has 1 aliphatic heterocycles. The molecule has 0 amide bonds. The van der Waals surface area contributed by atoms with E-state index in [0.717, 1.165) is 41.5 Å². The fourth-order valence-electron chi connectivity index (χ4n) is 4.42. The first-order chi connectivity index (χ1) is 20.6. The molecule has 11 heteroatoms. The second kappa shape index (κ2) is 18.9. The van der Waals surface area contributed by atoms with Gasteiger partial charge in [-0.15, -0.1) is 12.3 Å². The Bertz CT molecular complexity index is 1510. The highest BCUT2D eigenvalue weighted by molar-refractivity contribution is 5.70. The minimum Gasteiger partial charge on any atom is -0.493 e. The van der Waals surface area contributed by atoms with Crippen molar-refractivity contribution in [2.24, 2.45) is 4.99 Å². The van der Waals surface area contributed by atoms with Gasteiger partial charge in [-0.3, -0.25) is 19.2 Å². The summed E-state index contributed by atoms with van der Waals surface area (Å²) in [6, 6.07) is 12.1. The number of hydrogen-bond acceptors (Lipinski definition) is 8. The summed E-state index contributed by atoms with van der Waals surface area (Å²) in [5.74, 6) is 3.59. The average Bonchev–Trinajstić information content (AvgIpc) is 2.98. The van der Waals surface area contributed by atoms with Gasteiger partial charge in [0.15, 0.2) is 18.5 Å².